The summed E-state index contributed by atoms with van der Waals surface area (Å²) in [5.74, 6) is -2.30. The summed E-state index contributed by atoms with van der Waals surface area (Å²) in [6.07, 6.45) is 0. The predicted octanol–water partition coefficient (Wildman–Crippen LogP) is 4.04. The van der Waals surface area contributed by atoms with Crippen LogP contribution in [-0.4, -0.2) is 5.91 Å². The first-order chi connectivity index (χ1) is 8.08. The van der Waals surface area contributed by atoms with Crippen molar-refractivity contribution in [2.24, 2.45) is 0 Å². The van der Waals surface area contributed by atoms with Crippen LogP contribution in [0.4, 0.5) is 14.5 Å². The smallest absolute Gasteiger partial charge is 0.266 e. The van der Waals surface area contributed by atoms with Gasteiger partial charge in [-0.1, -0.05) is 0 Å². The van der Waals surface area contributed by atoms with E-state index in [1.54, 1.807) is 11.4 Å². The van der Waals surface area contributed by atoms with Gasteiger partial charge in [0.25, 0.3) is 5.91 Å². The lowest BCUT2D eigenvalue weighted by Gasteiger charge is -2.04. The maximum absolute atomic E-state index is 12.9. The Balaban J connectivity index is 2.19. The van der Waals surface area contributed by atoms with Gasteiger partial charge in [0.05, 0.1) is 0 Å². The van der Waals surface area contributed by atoms with Crippen LogP contribution in [0.2, 0.25) is 0 Å². The number of carbonyl (C=O) groups is 1. The van der Waals surface area contributed by atoms with Crippen LogP contribution in [0, 0.1) is 11.6 Å². The molecule has 2 rings (SSSR count). The molecule has 0 saturated heterocycles. The molecular weight excluding hydrogens is 312 g/mol. The first-order valence-corrected chi connectivity index (χ1v) is 6.24. The third-order valence-corrected chi connectivity index (χ3v) is 3.84. The van der Waals surface area contributed by atoms with Gasteiger partial charge in [-0.05, 0) is 39.5 Å². The molecule has 88 valence electrons. The van der Waals surface area contributed by atoms with Gasteiger partial charge in [0, 0.05) is 16.2 Å². The summed E-state index contributed by atoms with van der Waals surface area (Å²) < 4.78 is 26.3. The average Bonchev–Trinajstić information content (AvgIpc) is 2.70. The van der Waals surface area contributed by atoms with Crippen LogP contribution in [0.1, 0.15) is 9.67 Å². The summed E-state index contributed by atoms with van der Waals surface area (Å²) in [6, 6.07) is 4.95. The van der Waals surface area contributed by atoms with Crippen molar-refractivity contribution in [3.8, 4) is 0 Å². The molecule has 1 heterocycles. The number of thiophene rings is 1. The predicted molar refractivity (Wildman–Crippen MR) is 66.3 cm³/mol. The Bertz CT molecular complexity index is 570. The molecule has 2 aromatic rings. The minimum absolute atomic E-state index is 0.217. The van der Waals surface area contributed by atoms with Crippen LogP contribution < -0.4 is 5.32 Å². The van der Waals surface area contributed by atoms with Crippen molar-refractivity contribution in [2.75, 3.05) is 5.32 Å². The molecule has 1 aromatic heterocycles. The lowest BCUT2D eigenvalue weighted by molar-refractivity contribution is 0.103. The normalized spacial score (nSPS) is 10.3. The fourth-order valence-corrected chi connectivity index (χ4v) is 2.66. The second-order valence-electron chi connectivity index (χ2n) is 3.18. The number of hydrogen-bond acceptors (Lipinski definition) is 2. The molecule has 1 amide bonds. The molecule has 0 saturated carbocycles. The number of hydrogen-bond donors (Lipinski definition) is 1. The van der Waals surface area contributed by atoms with Gasteiger partial charge < -0.3 is 5.32 Å². The van der Waals surface area contributed by atoms with Crippen LogP contribution in [-0.2, 0) is 0 Å². The highest BCUT2D eigenvalue weighted by atomic mass is 79.9. The van der Waals surface area contributed by atoms with E-state index in [0.717, 1.165) is 12.1 Å². The highest BCUT2D eigenvalue weighted by Crippen LogP contribution is 2.24. The van der Waals surface area contributed by atoms with Crippen LogP contribution >= 0.6 is 27.3 Å². The first-order valence-electron chi connectivity index (χ1n) is 4.57. The van der Waals surface area contributed by atoms with E-state index >= 15 is 0 Å². The Morgan fingerprint density at radius 3 is 2.59 bits per heavy atom. The van der Waals surface area contributed by atoms with Gasteiger partial charge in [0.1, 0.15) is 4.88 Å². The lowest BCUT2D eigenvalue weighted by atomic mass is 10.3. The number of benzene rings is 1. The number of anilines is 1. The standard InChI is InChI=1S/C11H6BrF2NOS/c12-7-3-4-17-10(7)11(16)15-6-1-2-8(13)9(14)5-6/h1-5H,(H,15,16). The van der Waals surface area contributed by atoms with Crippen LogP contribution in [0.25, 0.3) is 0 Å². The first kappa shape index (κ1) is 12.2. The van der Waals surface area contributed by atoms with E-state index in [4.69, 9.17) is 0 Å². The quantitative estimate of drug-likeness (QED) is 0.889. The summed E-state index contributed by atoms with van der Waals surface area (Å²) in [7, 11) is 0. The van der Waals surface area contributed by atoms with Gasteiger partial charge in [-0.3, -0.25) is 4.79 Å². The van der Waals surface area contributed by atoms with Crippen molar-refractivity contribution in [2.45, 2.75) is 0 Å². The Kier molecular flexibility index (Phi) is 3.54. The fraction of sp³-hybridized carbons (Fsp3) is 0. The zero-order valence-electron chi connectivity index (χ0n) is 8.34. The molecule has 17 heavy (non-hydrogen) atoms. The zero-order valence-corrected chi connectivity index (χ0v) is 10.7. The van der Waals surface area contributed by atoms with Crippen molar-refractivity contribution < 1.29 is 13.6 Å². The Morgan fingerprint density at radius 1 is 1.24 bits per heavy atom. The molecule has 0 atom stereocenters. The number of carbonyl (C=O) groups excluding carboxylic acids is 1. The summed E-state index contributed by atoms with van der Waals surface area (Å²) in [5.41, 5.74) is 0.217. The molecule has 0 aliphatic heterocycles. The van der Waals surface area contributed by atoms with Gasteiger partial charge in [-0.2, -0.15) is 0 Å². The summed E-state index contributed by atoms with van der Waals surface area (Å²) >= 11 is 4.48. The molecule has 0 bridgehead atoms. The molecule has 0 aliphatic rings. The van der Waals surface area contributed by atoms with Gasteiger partial charge in [0.15, 0.2) is 11.6 Å². The van der Waals surface area contributed by atoms with E-state index in [1.165, 1.54) is 17.4 Å². The lowest BCUT2D eigenvalue weighted by Crippen LogP contribution is -2.11. The molecule has 0 spiro atoms. The Morgan fingerprint density at radius 2 is 2.00 bits per heavy atom. The SMILES string of the molecule is O=C(Nc1ccc(F)c(F)c1)c1sccc1Br. The topological polar surface area (TPSA) is 29.1 Å². The third kappa shape index (κ3) is 2.70. The molecule has 2 nitrogen and oxygen atoms in total. The highest BCUT2D eigenvalue weighted by Gasteiger charge is 2.12. The molecule has 1 N–H and O–H groups in total. The molecule has 0 fully saturated rings. The van der Waals surface area contributed by atoms with Crippen LogP contribution in [0.5, 0.6) is 0 Å². The van der Waals surface area contributed by atoms with Crippen molar-refractivity contribution in [1.29, 1.82) is 0 Å². The molecule has 0 aliphatic carbocycles. The van der Waals surface area contributed by atoms with Gasteiger partial charge >= 0.3 is 0 Å². The molecule has 0 unspecified atom stereocenters. The average molecular weight is 318 g/mol. The minimum atomic E-state index is -0.993. The van der Waals surface area contributed by atoms with Gasteiger partial charge in [-0.25, -0.2) is 8.78 Å². The number of rotatable bonds is 2. The Hall–Kier alpha value is -1.27. The monoisotopic (exact) mass is 317 g/mol. The fourth-order valence-electron chi connectivity index (χ4n) is 1.22. The number of halogens is 3. The van der Waals surface area contributed by atoms with Crippen molar-refractivity contribution >= 4 is 38.9 Å². The second-order valence-corrected chi connectivity index (χ2v) is 4.95. The van der Waals surface area contributed by atoms with E-state index in [2.05, 4.69) is 21.2 Å². The van der Waals surface area contributed by atoms with E-state index in [0.29, 0.717) is 9.35 Å². The van der Waals surface area contributed by atoms with Gasteiger partial charge in [-0.15, -0.1) is 11.3 Å². The van der Waals surface area contributed by atoms with Crippen molar-refractivity contribution in [3.63, 3.8) is 0 Å². The number of amides is 1. The molecular formula is C11H6BrF2NOS. The molecule has 6 heteroatoms. The van der Waals surface area contributed by atoms with Crippen LogP contribution in [0.15, 0.2) is 34.1 Å². The number of nitrogens with one attached hydrogen (secondary N) is 1. The minimum Gasteiger partial charge on any atom is -0.321 e. The summed E-state index contributed by atoms with van der Waals surface area (Å²) in [5, 5.41) is 4.24. The van der Waals surface area contributed by atoms with Crippen LogP contribution in [0.3, 0.4) is 0 Å². The third-order valence-electron chi connectivity index (χ3n) is 2.00. The zero-order chi connectivity index (χ0) is 12.4. The summed E-state index contributed by atoms with van der Waals surface area (Å²) in [4.78, 5) is 12.2. The van der Waals surface area contributed by atoms with Crippen molar-refractivity contribution in [3.05, 3.63) is 50.6 Å². The maximum Gasteiger partial charge on any atom is 0.266 e. The largest absolute Gasteiger partial charge is 0.321 e. The maximum atomic E-state index is 12.9. The van der Waals surface area contributed by atoms with E-state index in [1.807, 2.05) is 0 Å². The Labute approximate surface area is 108 Å². The highest BCUT2D eigenvalue weighted by molar-refractivity contribution is 9.10. The summed E-state index contributed by atoms with van der Waals surface area (Å²) in [6.45, 7) is 0. The second kappa shape index (κ2) is 4.93. The van der Waals surface area contributed by atoms with E-state index in [9.17, 15) is 13.6 Å². The van der Waals surface area contributed by atoms with Crippen molar-refractivity contribution in [1.82, 2.24) is 0 Å². The van der Waals surface area contributed by atoms with E-state index in [-0.39, 0.29) is 11.6 Å². The van der Waals surface area contributed by atoms with E-state index < -0.39 is 11.6 Å². The van der Waals surface area contributed by atoms with Gasteiger partial charge in [0.2, 0.25) is 0 Å². The molecule has 1 aromatic carbocycles. The molecule has 0 radical (unpaired) electrons.